The summed E-state index contributed by atoms with van der Waals surface area (Å²) in [6.07, 6.45) is 3.96. The second-order valence-electron chi connectivity index (χ2n) is 1.86. The lowest BCUT2D eigenvalue weighted by Gasteiger charge is -2.11. The maximum absolute atomic E-state index is 4.00. The van der Waals surface area contributed by atoms with Crippen molar-refractivity contribution in [2.75, 3.05) is 14.1 Å². The summed E-state index contributed by atoms with van der Waals surface area (Å²) in [5, 5.41) is 0. The van der Waals surface area contributed by atoms with Gasteiger partial charge in [0, 0.05) is 20.3 Å². The Hall–Kier alpha value is -0.790. The summed E-state index contributed by atoms with van der Waals surface area (Å²) in [6, 6.07) is 0. The topological polar surface area (TPSA) is 15.6 Å². The molecule has 0 spiro atoms. The van der Waals surface area contributed by atoms with E-state index in [1.54, 1.807) is 7.05 Å². The van der Waals surface area contributed by atoms with E-state index in [4.69, 9.17) is 0 Å². The fraction of sp³-hybridized carbons (Fsp3) is 0.571. The second-order valence-corrected chi connectivity index (χ2v) is 1.86. The van der Waals surface area contributed by atoms with Crippen molar-refractivity contribution >= 4 is 5.84 Å². The zero-order chi connectivity index (χ0) is 7.28. The quantitative estimate of drug-likeness (QED) is 0.384. The molecule has 0 aliphatic heterocycles. The molecule has 0 aromatic heterocycles. The van der Waals surface area contributed by atoms with Crippen LogP contribution in [0.25, 0.3) is 0 Å². The molecule has 0 heterocycles. The lowest BCUT2D eigenvalue weighted by molar-refractivity contribution is 0.680. The molecule has 0 aliphatic carbocycles. The zero-order valence-electron chi connectivity index (χ0n) is 6.55. The summed E-state index contributed by atoms with van der Waals surface area (Å²) in [4.78, 5) is 5.97. The number of aliphatic imine (C=N–C) groups is 1. The fourth-order valence-corrected chi connectivity index (χ4v) is 0.489. The van der Waals surface area contributed by atoms with Crippen molar-refractivity contribution in [3.63, 3.8) is 0 Å². The highest BCUT2D eigenvalue weighted by Crippen LogP contribution is 1.86. The molecule has 0 rings (SSSR count). The molecule has 2 heteroatoms. The molecular weight excluding hydrogens is 112 g/mol. The highest BCUT2D eigenvalue weighted by atomic mass is 15.1. The summed E-state index contributed by atoms with van der Waals surface area (Å²) in [7, 11) is 3.76. The van der Waals surface area contributed by atoms with Gasteiger partial charge < -0.3 is 4.90 Å². The Bertz CT molecular complexity index is 125. The van der Waals surface area contributed by atoms with Crippen LogP contribution in [0, 0.1) is 0 Å². The van der Waals surface area contributed by atoms with Gasteiger partial charge in [-0.2, -0.15) is 0 Å². The van der Waals surface area contributed by atoms with Crippen molar-refractivity contribution in [2.45, 2.75) is 13.8 Å². The first-order valence-corrected chi connectivity index (χ1v) is 3.01. The van der Waals surface area contributed by atoms with Crippen LogP contribution in [0.3, 0.4) is 0 Å². The summed E-state index contributed by atoms with van der Waals surface area (Å²) in [5.41, 5.74) is 0. The van der Waals surface area contributed by atoms with Crippen LogP contribution < -0.4 is 0 Å². The SMILES string of the molecule is C/C=C\N(C)/C(C)=N/C. The van der Waals surface area contributed by atoms with E-state index >= 15 is 0 Å². The minimum absolute atomic E-state index is 1.02. The number of hydrogen-bond acceptors (Lipinski definition) is 1. The average Bonchev–Trinajstić information content (AvgIpc) is 1.87. The third-order valence-corrected chi connectivity index (χ3v) is 1.21. The van der Waals surface area contributed by atoms with Gasteiger partial charge in [-0.15, -0.1) is 0 Å². The fourth-order valence-electron chi connectivity index (χ4n) is 0.489. The predicted octanol–water partition coefficient (Wildman–Crippen LogP) is 1.50. The first-order valence-electron chi connectivity index (χ1n) is 3.01. The van der Waals surface area contributed by atoms with Crippen molar-refractivity contribution in [1.82, 2.24) is 4.90 Å². The standard InChI is InChI=1S/C7H14N2/c1-5-6-9(4)7(2)8-3/h5-6H,1-4H3/b6-5-,8-7+. The van der Waals surface area contributed by atoms with Crippen LogP contribution in [0.15, 0.2) is 17.3 Å². The van der Waals surface area contributed by atoms with Crippen molar-refractivity contribution in [1.29, 1.82) is 0 Å². The minimum atomic E-state index is 1.02. The van der Waals surface area contributed by atoms with Crippen LogP contribution in [-0.4, -0.2) is 24.8 Å². The van der Waals surface area contributed by atoms with Crippen LogP contribution in [-0.2, 0) is 0 Å². The van der Waals surface area contributed by atoms with Crippen LogP contribution in [0.2, 0.25) is 0 Å². The third-order valence-electron chi connectivity index (χ3n) is 1.21. The molecule has 0 aromatic carbocycles. The lowest BCUT2D eigenvalue weighted by Crippen LogP contribution is -2.16. The molecule has 9 heavy (non-hydrogen) atoms. The molecule has 52 valence electrons. The second kappa shape index (κ2) is 4.13. The van der Waals surface area contributed by atoms with E-state index in [-0.39, 0.29) is 0 Å². The Morgan fingerprint density at radius 3 is 2.44 bits per heavy atom. The summed E-state index contributed by atoms with van der Waals surface area (Å²) < 4.78 is 0. The summed E-state index contributed by atoms with van der Waals surface area (Å²) in [5.74, 6) is 1.02. The van der Waals surface area contributed by atoms with Gasteiger partial charge in [-0.1, -0.05) is 6.08 Å². The van der Waals surface area contributed by atoms with Gasteiger partial charge in [0.05, 0.1) is 5.84 Å². The Morgan fingerprint density at radius 2 is 2.11 bits per heavy atom. The van der Waals surface area contributed by atoms with E-state index in [1.807, 2.05) is 38.1 Å². The van der Waals surface area contributed by atoms with Gasteiger partial charge in [0.25, 0.3) is 0 Å². The maximum Gasteiger partial charge on any atom is 0.0990 e. The van der Waals surface area contributed by atoms with E-state index in [1.165, 1.54) is 0 Å². The number of allylic oxidation sites excluding steroid dienone is 1. The Kier molecular flexibility index (Phi) is 3.76. The van der Waals surface area contributed by atoms with Gasteiger partial charge in [-0.05, 0) is 13.8 Å². The van der Waals surface area contributed by atoms with E-state index in [9.17, 15) is 0 Å². The number of hydrogen-bond donors (Lipinski definition) is 0. The van der Waals surface area contributed by atoms with E-state index < -0.39 is 0 Å². The average molecular weight is 126 g/mol. The zero-order valence-corrected chi connectivity index (χ0v) is 6.55. The van der Waals surface area contributed by atoms with Crippen LogP contribution >= 0.6 is 0 Å². The largest absolute Gasteiger partial charge is 0.340 e. The van der Waals surface area contributed by atoms with Crippen molar-refractivity contribution in [3.05, 3.63) is 12.3 Å². The first-order chi connectivity index (χ1) is 4.22. The first kappa shape index (κ1) is 8.21. The molecule has 0 saturated carbocycles. The highest BCUT2D eigenvalue weighted by molar-refractivity contribution is 5.80. The molecule has 0 fully saturated rings. The highest BCUT2D eigenvalue weighted by Gasteiger charge is 1.89. The number of amidine groups is 1. The molecule has 0 radical (unpaired) electrons. The van der Waals surface area contributed by atoms with Gasteiger partial charge in [-0.3, -0.25) is 4.99 Å². The molecule has 0 atom stereocenters. The van der Waals surface area contributed by atoms with Gasteiger partial charge in [0.1, 0.15) is 0 Å². The molecule has 0 aliphatic rings. The molecule has 0 amide bonds. The van der Waals surface area contributed by atoms with E-state index in [0.29, 0.717) is 0 Å². The predicted molar refractivity (Wildman–Crippen MR) is 41.6 cm³/mol. The molecule has 0 N–H and O–H groups in total. The maximum atomic E-state index is 4.00. The van der Waals surface area contributed by atoms with Gasteiger partial charge >= 0.3 is 0 Å². The van der Waals surface area contributed by atoms with Crippen LogP contribution in [0.4, 0.5) is 0 Å². The third kappa shape index (κ3) is 2.90. The normalized spacial score (nSPS) is 12.7. The van der Waals surface area contributed by atoms with Gasteiger partial charge in [0.2, 0.25) is 0 Å². The van der Waals surface area contributed by atoms with E-state index in [2.05, 4.69) is 4.99 Å². The molecule has 0 bridgehead atoms. The molecule has 0 unspecified atom stereocenters. The summed E-state index contributed by atoms with van der Waals surface area (Å²) >= 11 is 0. The van der Waals surface area contributed by atoms with Gasteiger partial charge in [0.15, 0.2) is 0 Å². The monoisotopic (exact) mass is 126 g/mol. The van der Waals surface area contributed by atoms with Gasteiger partial charge in [-0.25, -0.2) is 0 Å². The Morgan fingerprint density at radius 1 is 1.56 bits per heavy atom. The van der Waals surface area contributed by atoms with Crippen molar-refractivity contribution < 1.29 is 0 Å². The number of nitrogens with zero attached hydrogens (tertiary/aromatic N) is 2. The van der Waals surface area contributed by atoms with Crippen LogP contribution in [0.1, 0.15) is 13.8 Å². The number of rotatable bonds is 1. The van der Waals surface area contributed by atoms with Crippen molar-refractivity contribution in [3.8, 4) is 0 Å². The Balaban J connectivity index is 3.88. The Labute approximate surface area is 56.9 Å². The lowest BCUT2D eigenvalue weighted by atomic mass is 10.5. The van der Waals surface area contributed by atoms with Crippen molar-refractivity contribution in [2.24, 2.45) is 4.99 Å². The van der Waals surface area contributed by atoms with E-state index in [0.717, 1.165) is 5.84 Å². The molecule has 0 aromatic rings. The summed E-state index contributed by atoms with van der Waals surface area (Å²) in [6.45, 7) is 3.96. The molecule has 2 nitrogen and oxygen atoms in total. The molecular formula is C7H14N2. The smallest absolute Gasteiger partial charge is 0.0990 e. The van der Waals surface area contributed by atoms with Crippen LogP contribution in [0.5, 0.6) is 0 Å². The minimum Gasteiger partial charge on any atom is -0.340 e. The molecule has 0 saturated heterocycles.